The number of rotatable bonds is 5. The fourth-order valence-corrected chi connectivity index (χ4v) is 3.92. The molecule has 2 aliphatic rings. The molecular formula is C22H21N5O3. The molecule has 3 N–H and O–H groups in total. The summed E-state index contributed by atoms with van der Waals surface area (Å²) in [6.45, 7) is 1.49. The standard InChI is InChI=1S/C22H21N5O3/c1-27-10-13(11-27)23-18(28)12-30-26-20-15-7-3-5-9-17(15)24-21(20)19-14-6-2-4-8-16(14)25-22(19)29/h2-9,13,25,29H,10-12H2,1H3,(H,23,28)/b26-20+. The average Bonchev–Trinajstić information content (AvgIpc) is 3.23. The molecule has 0 radical (unpaired) electrons. The zero-order valence-electron chi connectivity index (χ0n) is 16.4. The van der Waals surface area contributed by atoms with Crippen LogP contribution in [-0.2, 0) is 9.63 Å². The Hall–Kier alpha value is -3.65. The summed E-state index contributed by atoms with van der Waals surface area (Å²) in [5, 5.41) is 18.6. The number of hydrogen-bond donors (Lipinski definition) is 3. The Morgan fingerprint density at radius 3 is 2.87 bits per heavy atom. The van der Waals surface area contributed by atoms with Crippen molar-refractivity contribution >= 4 is 33.9 Å². The van der Waals surface area contributed by atoms with E-state index >= 15 is 0 Å². The van der Waals surface area contributed by atoms with Crippen LogP contribution < -0.4 is 5.32 Å². The fraction of sp³-hybridized carbons (Fsp3) is 0.227. The molecule has 30 heavy (non-hydrogen) atoms. The van der Waals surface area contributed by atoms with Gasteiger partial charge in [-0.05, 0) is 19.2 Å². The Balaban J connectivity index is 1.43. The van der Waals surface area contributed by atoms with Crippen LogP contribution in [0.1, 0.15) is 11.1 Å². The van der Waals surface area contributed by atoms with Crippen molar-refractivity contribution in [3.8, 4) is 5.88 Å². The first kappa shape index (κ1) is 18.4. The molecule has 152 valence electrons. The molecular weight excluding hydrogens is 382 g/mol. The molecule has 0 atom stereocenters. The number of carbonyl (C=O) groups excluding carboxylic acids is 1. The summed E-state index contributed by atoms with van der Waals surface area (Å²) in [6, 6.07) is 15.3. The first-order valence-corrected chi connectivity index (χ1v) is 9.76. The first-order chi connectivity index (χ1) is 14.6. The molecule has 1 fully saturated rings. The highest BCUT2D eigenvalue weighted by molar-refractivity contribution is 6.58. The summed E-state index contributed by atoms with van der Waals surface area (Å²) in [6.07, 6.45) is 0. The van der Waals surface area contributed by atoms with E-state index in [9.17, 15) is 9.90 Å². The van der Waals surface area contributed by atoms with E-state index in [1.807, 2.05) is 55.6 Å². The second-order valence-electron chi connectivity index (χ2n) is 7.57. The van der Waals surface area contributed by atoms with Gasteiger partial charge in [0.1, 0.15) is 11.4 Å². The van der Waals surface area contributed by atoms with Crippen molar-refractivity contribution in [2.45, 2.75) is 6.04 Å². The quantitative estimate of drug-likeness (QED) is 0.568. The highest BCUT2D eigenvalue weighted by atomic mass is 16.6. The molecule has 1 amide bonds. The van der Waals surface area contributed by atoms with Crippen molar-refractivity contribution in [1.82, 2.24) is 15.2 Å². The monoisotopic (exact) mass is 403 g/mol. The number of aliphatic imine (C=N–C) groups is 1. The van der Waals surface area contributed by atoms with Crippen molar-refractivity contribution in [3.63, 3.8) is 0 Å². The number of carbonyl (C=O) groups is 1. The van der Waals surface area contributed by atoms with Gasteiger partial charge in [-0.2, -0.15) is 0 Å². The number of hydrogen-bond acceptors (Lipinski definition) is 6. The molecule has 1 aromatic heterocycles. The molecule has 2 aliphatic heterocycles. The van der Waals surface area contributed by atoms with Crippen LogP contribution in [0.2, 0.25) is 0 Å². The SMILES string of the molecule is CN1CC(NC(=O)CO/N=C2/C(c3c(O)[nH]c4ccccc34)=Nc3ccccc32)C1. The highest BCUT2D eigenvalue weighted by Crippen LogP contribution is 2.35. The molecule has 0 bridgehead atoms. The zero-order valence-corrected chi connectivity index (χ0v) is 16.4. The van der Waals surface area contributed by atoms with Crippen molar-refractivity contribution in [1.29, 1.82) is 0 Å². The number of nitrogens with one attached hydrogen (secondary N) is 2. The molecule has 0 unspecified atom stereocenters. The third kappa shape index (κ3) is 3.21. The predicted molar refractivity (Wildman–Crippen MR) is 115 cm³/mol. The maximum absolute atomic E-state index is 12.1. The zero-order chi connectivity index (χ0) is 20.7. The maximum atomic E-state index is 12.1. The summed E-state index contributed by atoms with van der Waals surface area (Å²) in [4.78, 5) is 27.3. The lowest BCUT2D eigenvalue weighted by Crippen LogP contribution is -2.58. The number of para-hydroxylation sites is 2. The second kappa shape index (κ2) is 7.31. The van der Waals surface area contributed by atoms with Crippen LogP contribution in [0.25, 0.3) is 10.9 Å². The van der Waals surface area contributed by atoms with Crippen molar-refractivity contribution in [2.75, 3.05) is 26.7 Å². The van der Waals surface area contributed by atoms with E-state index in [4.69, 9.17) is 4.84 Å². The summed E-state index contributed by atoms with van der Waals surface area (Å²) in [5.74, 6) is -0.195. The minimum atomic E-state index is -0.211. The summed E-state index contributed by atoms with van der Waals surface area (Å²) >= 11 is 0. The van der Waals surface area contributed by atoms with E-state index < -0.39 is 0 Å². The van der Waals surface area contributed by atoms with E-state index in [1.165, 1.54) is 0 Å². The topological polar surface area (TPSA) is 102 Å². The van der Waals surface area contributed by atoms with E-state index in [2.05, 4.69) is 25.3 Å². The fourth-order valence-electron chi connectivity index (χ4n) is 3.92. The second-order valence-corrected chi connectivity index (χ2v) is 7.57. The third-order valence-electron chi connectivity index (χ3n) is 5.32. The van der Waals surface area contributed by atoms with Gasteiger partial charge >= 0.3 is 0 Å². The molecule has 1 saturated heterocycles. The number of amides is 1. The number of nitrogens with zero attached hydrogens (tertiary/aromatic N) is 3. The van der Waals surface area contributed by atoms with Gasteiger partial charge in [0.05, 0.1) is 17.3 Å². The van der Waals surface area contributed by atoms with Crippen LogP contribution >= 0.6 is 0 Å². The molecule has 0 aliphatic carbocycles. The molecule has 5 rings (SSSR count). The van der Waals surface area contributed by atoms with E-state index in [0.717, 1.165) is 35.2 Å². The van der Waals surface area contributed by atoms with Gasteiger partial charge in [0, 0.05) is 29.6 Å². The normalized spacial score (nSPS) is 17.6. The van der Waals surface area contributed by atoms with Gasteiger partial charge in [-0.1, -0.05) is 41.6 Å². The van der Waals surface area contributed by atoms with Gasteiger partial charge in [0.2, 0.25) is 0 Å². The van der Waals surface area contributed by atoms with Crippen LogP contribution in [0.5, 0.6) is 5.88 Å². The third-order valence-corrected chi connectivity index (χ3v) is 5.32. The highest BCUT2D eigenvalue weighted by Gasteiger charge is 2.29. The molecule has 2 aromatic carbocycles. The Morgan fingerprint density at radius 1 is 1.27 bits per heavy atom. The summed E-state index contributed by atoms with van der Waals surface area (Å²) in [5.41, 5.74) is 3.88. The lowest BCUT2D eigenvalue weighted by atomic mass is 10.0. The lowest BCUT2D eigenvalue weighted by molar-refractivity contribution is -0.127. The lowest BCUT2D eigenvalue weighted by Gasteiger charge is -2.36. The summed E-state index contributed by atoms with van der Waals surface area (Å²) in [7, 11) is 2.00. The van der Waals surface area contributed by atoms with Crippen LogP contribution in [0.4, 0.5) is 5.69 Å². The first-order valence-electron chi connectivity index (χ1n) is 9.76. The van der Waals surface area contributed by atoms with Crippen LogP contribution in [0.15, 0.2) is 58.7 Å². The Morgan fingerprint density at radius 2 is 2.03 bits per heavy atom. The average molecular weight is 403 g/mol. The van der Waals surface area contributed by atoms with E-state index in [0.29, 0.717) is 17.0 Å². The van der Waals surface area contributed by atoms with Gasteiger partial charge in [0.15, 0.2) is 12.5 Å². The molecule has 0 spiro atoms. The number of oxime groups is 1. The van der Waals surface area contributed by atoms with Gasteiger partial charge < -0.3 is 25.1 Å². The van der Waals surface area contributed by atoms with Crippen LogP contribution in [-0.4, -0.2) is 65.1 Å². The van der Waals surface area contributed by atoms with Gasteiger partial charge in [-0.25, -0.2) is 4.99 Å². The predicted octanol–water partition coefficient (Wildman–Crippen LogP) is 2.16. The number of fused-ring (bicyclic) bond motifs is 2. The molecule has 3 heterocycles. The van der Waals surface area contributed by atoms with Crippen LogP contribution in [0.3, 0.4) is 0 Å². The van der Waals surface area contributed by atoms with Gasteiger partial charge in [-0.15, -0.1) is 0 Å². The number of aromatic nitrogens is 1. The Kier molecular flexibility index (Phi) is 4.48. The van der Waals surface area contributed by atoms with Gasteiger partial charge in [0.25, 0.3) is 5.91 Å². The molecule has 0 saturated carbocycles. The Bertz CT molecular complexity index is 1190. The maximum Gasteiger partial charge on any atom is 0.261 e. The number of likely N-dealkylation sites (tertiary alicyclic amines) is 1. The van der Waals surface area contributed by atoms with E-state index in [1.54, 1.807) is 0 Å². The summed E-state index contributed by atoms with van der Waals surface area (Å²) < 4.78 is 0. The molecule has 8 heteroatoms. The van der Waals surface area contributed by atoms with Crippen molar-refractivity contribution in [3.05, 3.63) is 59.7 Å². The molecule has 8 nitrogen and oxygen atoms in total. The van der Waals surface area contributed by atoms with E-state index in [-0.39, 0.29) is 24.4 Å². The minimum Gasteiger partial charge on any atom is -0.494 e. The number of benzene rings is 2. The Labute approximate surface area is 172 Å². The van der Waals surface area contributed by atoms with Crippen LogP contribution in [0, 0.1) is 0 Å². The number of aromatic hydroxyl groups is 1. The van der Waals surface area contributed by atoms with Gasteiger partial charge in [-0.3, -0.25) is 4.79 Å². The van der Waals surface area contributed by atoms with Crippen molar-refractivity contribution in [2.24, 2.45) is 10.1 Å². The number of likely N-dealkylation sites (N-methyl/N-ethyl adjacent to an activating group) is 1. The number of H-pyrrole nitrogens is 1. The number of aromatic amines is 1. The minimum absolute atomic E-state index is 0.0160. The smallest absolute Gasteiger partial charge is 0.261 e. The largest absolute Gasteiger partial charge is 0.494 e. The molecule has 3 aromatic rings. The van der Waals surface area contributed by atoms with Crippen molar-refractivity contribution < 1.29 is 14.7 Å².